The summed E-state index contributed by atoms with van der Waals surface area (Å²) in [4.78, 5) is 14.6. The van der Waals surface area contributed by atoms with Gasteiger partial charge in [0.05, 0.1) is 17.5 Å². The lowest BCUT2D eigenvalue weighted by molar-refractivity contribution is -0.123. The summed E-state index contributed by atoms with van der Waals surface area (Å²) in [5, 5.41) is 6.33. The maximum Gasteiger partial charge on any atom is 0.250 e. The molecule has 5 nitrogen and oxygen atoms in total. The molecule has 3 rings (SSSR count). The fraction of sp³-hybridized carbons (Fsp3) is 0.611. The molecule has 1 amide bonds. The second kappa shape index (κ2) is 9.87. The third-order valence-corrected chi connectivity index (χ3v) is 4.61. The number of carbonyl (C=O) groups is 1. The third-order valence-electron chi connectivity index (χ3n) is 4.61. The molecule has 134 valence electrons. The van der Waals surface area contributed by atoms with Crippen molar-refractivity contribution in [1.29, 1.82) is 0 Å². The minimum atomic E-state index is -0.0620. The SMILES string of the molecule is Cl.O=C(COC1CCNCC1)Nc1ccccc1N1CCCCC1. The highest BCUT2D eigenvalue weighted by Crippen LogP contribution is 2.28. The number of ether oxygens (including phenoxy) is 1. The fourth-order valence-corrected chi connectivity index (χ4v) is 3.33. The van der Waals surface area contributed by atoms with Gasteiger partial charge in [0.1, 0.15) is 6.61 Å². The minimum absolute atomic E-state index is 0. The molecule has 2 aliphatic heterocycles. The summed E-state index contributed by atoms with van der Waals surface area (Å²) in [6.07, 6.45) is 5.92. The van der Waals surface area contributed by atoms with Crippen LogP contribution in [0.3, 0.4) is 0 Å². The number of hydrogen-bond donors (Lipinski definition) is 2. The number of carbonyl (C=O) groups excluding carboxylic acids is 1. The molecule has 0 aliphatic carbocycles. The van der Waals surface area contributed by atoms with E-state index in [0.717, 1.165) is 50.4 Å². The minimum Gasteiger partial charge on any atom is -0.370 e. The van der Waals surface area contributed by atoms with Gasteiger partial charge in [-0.1, -0.05) is 12.1 Å². The number of amides is 1. The fourth-order valence-electron chi connectivity index (χ4n) is 3.33. The number of anilines is 2. The number of rotatable bonds is 5. The molecule has 2 heterocycles. The van der Waals surface area contributed by atoms with E-state index in [1.54, 1.807) is 0 Å². The van der Waals surface area contributed by atoms with E-state index in [1.165, 1.54) is 19.3 Å². The van der Waals surface area contributed by atoms with Crippen molar-refractivity contribution in [2.24, 2.45) is 0 Å². The van der Waals surface area contributed by atoms with Crippen LogP contribution in [-0.4, -0.2) is 44.8 Å². The predicted octanol–water partition coefficient (Wildman–Crippen LogP) is 2.81. The Morgan fingerprint density at radius 3 is 2.62 bits per heavy atom. The van der Waals surface area contributed by atoms with Crippen LogP contribution in [0, 0.1) is 0 Å². The van der Waals surface area contributed by atoms with Gasteiger partial charge in [-0.05, 0) is 57.3 Å². The predicted molar refractivity (Wildman–Crippen MR) is 100 cm³/mol. The van der Waals surface area contributed by atoms with Crippen LogP contribution in [0.25, 0.3) is 0 Å². The van der Waals surface area contributed by atoms with Gasteiger partial charge in [0.15, 0.2) is 0 Å². The van der Waals surface area contributed by atoms with E-state index in [2.05, 4.69) is 21.6 Å². The summed E-state index contributed by atoms with van der Waals surface area (Å²) >= 11 is 0. The quantitative estimate of drug-likeness (QED) is 0.854. The van der Waals surface area contributed by atoms with E-state index in [4.69, 9.17) is 4.74 Å². The molecule has 0 unspecified atom stereocenters. The Morgan fingerprint density at radius 1 is 1.17 bits per heavy atom. The zero-order valence-corrected chi connectivity index (χ0v) is 14.9. The lowest BCUT2D eigenvalue weighted by Crippen LogP contribution is -2.34. The Hall–Kier alpha value is -1.30. The first-order valence-electron chi connectivity index (χ1n) is 8.79. The highest BCUT2D eigenvalue weighted by atomic mass is 35.5. The molecule has 24 heavy (non-hydrogen) atoms. The zero-order valence-electron chi connectivity index (χ0n) is 14.1. The number of nitrogens with one attached hydrogen (secondary N) is 2. The summed E-state index contributed by atoms with van der Waals surface area (Å²) < 4.78 is 5.74. The van der Waals surface area contributed by atoms with Gasteiger partial charge in [-0.3, -0.25) is 4.79 Å². The second-order valence-corrected chi connectivity index (χ2v) is 6.37. The number of nitrogens with zero attached hydrogens (tertiary/aromatic N) is 1. The summed E-state index contributed by atoms with van der Waals surface area (Å²) in [6, 6.07) is 8.07. The molecule has 2 fully saturated rings. The van der Waals surface area contributed by atoms with Gasteiger partial charge in [-0.25, -0.2) is 0 Å². The van der Waals surface area contributed by atoms with Crippen molar-refractivity contribution in [1.82, 2.24) is 5.32 Å². The molecular weight excluding hydrogens is 326 g/mol. The number of para-hydroxylation sites is 2. The molecule has 0 bridgehead atoms. The number of piperidine rings is 2. The van der Waals surface area contributed by atoms with E-state index < -0.39 is 0 Å². The first kappa shape index (κ1) is 19.0. The van der Waals surface area contributed by atoms with Gasteiger partial charge in [-0.15, -0.1) is 12.4 Å². The summed E-state index contributed by atoms with van der Waals surface area (Å²) in [5.41, 5.74) is 2.02. The smallest absolute Gasteiger partial charge is 0.250 e. The van der Waals surface area contributed by atoms with Crippen LogP contribution in [0.1, 0.15) is 32.1 Å². The molecule has 2 aliphatic rings. The lowest BCUT2D eigenvalue weighted by Gasteiger charge is -2.30. The number of hydrogen-bond acceptors (Lipinski definition) is 4. The Kier molecular flexibility index (Phi) is 7.82. The van der Waals surface area contributed by atoms with Crippen molar-refractivity contribution in [3.63, 3.8) is 0 Å². The van der Waals surface area contributed by atoms with Crippen LogP contribution in [0.5, 0.6) is 0 Å². The van der Waals surface area contributed by atoms with Crippen LogP contribution in [0.15, 0.2) is 24.3 Å². The Balaban J connectivity index is 0.00000208. The summed E-state index contributed by atoms with van der Waals surface area (Å²) in [7, 11) is 0. The van der Waals surface area contributed by atoms with Crippen LogP contribution >= 0.6 is 12.4 Å². The molecule has 2 saturated heterocycles. The van der Waals surface area contributed by atoms with Crippen molar-refractivity contribution in [2.45, 2.75) is 38.2 Å². The third kappa shape index (κ3) is 5.36. The first-order valence-corrected chi connectivity index (χ1v) is 8.79. The molecule has 1 aromatic carbocycles. The number of halogens is 1. The van der Waals surface area contributed by atoms with E-state index in [-0.39, 0.29) is 31.0 Å². The van der Waals surface area contributed by atoms with Gasteiger partial charge < -0.3 is 20.3 Å². The summed E-state index contributed by atoms with van der Waals surface area (Å²) in [6.45, 7) is 4.23. The normalized spacial score (nSPS) is 18.8. The van der Waals surface area contributed by atoms with Crippen molar-refractivity contribution in [3.8, 4) is 0 Å². The van der Waals surface area contributed by atoms with Crippen molar-refractivity contribution in [2.75, 3.05) is 43.0 Å². The summed E-state index contributed by atoms with van der Waals surface area (Å²) in [5.74, 6) is -0.0620. The standard InChI is InChI=1S/C18H27N3O2.ClH/c22-18(14-23-15-8-10-19-11-9-15)20-16-6-2-3-7-17(16)21-12-4-1-5-13-21;/h2-3,6-7,15,19H,1,4-5,8-14H2,(H,20,22);1H. The Bertz CT molecular complexity index is 515. The maximum absolute atomic E-state index is 12.2. The van der Waals surface area contributed by atoms with Gasteiger partial charge in [-0.2, -0.15) is 0 Å². The average Bonchev–Trinajstić information content (AvgIpc) is 2.62. The van der Waals surface area contributed by atoms with E-state index >= 15 is 0 Å². The maximum atomic E-state index is 12.2. The monoisotopic (exact) mass is 353 g/mol. The molecule has 2 N–H and O–H groups in total. The van der Waals surface area contributed by atoms with Crippen molar-refractivity contribution < 1.29 is 9.53 Å². The van der Waals surface area contributed by atoms with Gasteiger partial charge in [0.25, 0.3) is 0 Å². The highest BCUT2D eigenvalue weighted by molar-refractivity contribution is 5.95. The molecule has 0 saturated carbocycles. The second-order valence-electron chi connectivity index (χ2n) is 6.37. The van der Waals surface area contributed by atoms with Crippen molar-refractivity contribution in [3.05, 3.63) is 24.3 Å². The molecule has 1 aromatic rings. The molecule has 6 heteroatoms. The molecule has 0 atom stereocenters. The van der Waals surface area contributed by atoms with Gasteiger partial charge in [0.2, 0.25) is 5.91 Å². The molecular formula is C18H28ClN3O2. The average molecular weight is 354 g/mol. The van der Waals surface area contributed by atoms with Crippen LogP contribution in [0.2, 0.25) is 0 Å². The Labute approximate surface area is 150 Å². The molecule has 0 spiro atoms. The van der Waals surface area contributed by atoms with Crippen LogP contribution in [0.4, 0.5) is 11.4 Å². The van der Waals surface area contributed by atoms with Gasteiger partial charge in [0, 0.05) is 13.1 Å². The lowest BCUT2D eigenvalue weighted by atomic mass is 10.1. The van der Waals surface area contributed by atoms with E-state index in [9.17, 15) is 4.79 Å². The zero-order chi connectivity index (χ0) is 15.9. The molecule has 0 aromatic heterocycles. The Morgan fingerprint density at radius 2 is 1.88 bits per heavy atom. The first-order chi connectivity index (χ1) is 11.3. The van der Waals surface area contributed by atoms with Crippen molar-refractivity contribution >= 4 is 29.7 Å². The van der Waals surface area contributed by atoms with Gasteiger partial charge >= 0.3 is 0 Å². The molecule has 0 radical (unpaired) electrons. The largest absolute Gasteiger partial charge is 0.370 e. The van der Waals surface area contributed by atoms with Crippen LogP contribution in [-0.2, 0) is 9.53 Å². The van der Waals surface area contributed by atoms with E-state index in [0.29, 0.717) is 0 Å². The highest BCUT2D eigenvalue weighted by Gasteiger charge is 2.17. The number of benzene rings is 1. The topological polar surface area (TPSA) is 53.6 Å². The van der Waals surface area contributed by atoms with Crippen LogP contribution < -0.4 is 15.5 Å². The van der Waals surface area contributed by atoms with E-state index in [1.807, 2.05) is 18.2 Å².